The van der Waals surface area contributed by atoms with Gasteiger partial charge in [0.15, 0.2) is 5.78 Å². The molecule has 1 aliphatic heterocycles. The van der Waals surface area contributed by atoms with Crippen LogP contribution in [0.2, 0.25) is 0 Å². The van der Waals surface area contributed by atoms with E-state index in [1.54, 1.807) is 0 Å². The molecular formula is C31H41N3O. The Morgan fingerprint density at radius 1 is 1.09 bits per heavy atom. The third-order valence-electron chi connectivity index (χ3n) is 8.17. The smallest absolute Gasteiger partial charge is 0.169 e. The Labute approximate surface area is 211 Å². The number of benzene rings is 2. The van der Waals surface area contributed by atoms with Crippen molar-refractivity contribution in [1.29, 1.82) is 0 Å². The maximum atomic E-state index is 14.0. The fourth-order valence-corrected chi connectivity index (χ4v) is 5.75. The van der Waals surface area contributed by atoms with E-state index in [4.69, 9.17) is 5.10 Å². The molecule has 35 heavy (non-hydrogen) atoms. The van der Waals surface area contributed by atoms with Crippen LogP contribution in [-0.4, -0.2) is 15.6 Å². The minimum atomic E-state index is -0.191. The Kier molecular flexibility index (Phi) is 6.95. The number of anilines is 1. The molecular weight excluding hydrogens is 430 g/mol. The monoisotopic (exact) mass is 471 g/mol. The van der Waals surface area contributed by atoms with Gasteiger partial charge >= 0.3 is 0 Å². The highest BCUT2D eigenvalue weighted by Gasteiger charge is 2.39. The van der Waals surface area contributed by atoms with Crippen LogP contribution in [-0.2, 0) is 11.0 Å². The van der Waals surface area contributed by atoms with Crippen molar-refractivity contribution in [2.24, 2.45) is 0 Å². The van der Waals surface area contributed by atoms with Crippen molar-refractivity contribution in [3.05, 3.63) is 82.5 Å². The fraction of sp³-hybridized carbons (Fsp3) is 0.484. The summed E-state index contributed by atoms with van der Waals surface area (Å²) in [6.07, 6.45) is 3.24. The molecule has 0 saturated carbocycles. The fourth-order valence-electron chi connectivity index (χ4n) is 5.75. The molecule has 1 unspecified atom stereocenters. The molecule has 4 rings (SSSR count). The maximum absolute atomic E-state index is 14.0. The molecule has 0 amide bonds. The van der Waals surface area contributed by atoms with Crippen molar-refractivity contribution in [3.8, 4) is 0 Å². The number of carbonyl (C=O) groups is 1. The number of carbonyl (C=O) groups excluding carboxylic acids is 1. The molecule has 4 nitrogen and oxygen atoms in total. The molecule has 1 atom stereocenters. The van der Waals surface area contributed by atoms with E-state index in [0.29, 0.717) is 12.3 Å². The van der Waals surface area contributed by atoms with Crippen molar-refractivity contribution >= 4 is 11.6 Å². The number of fused-ring (bicyclic) bond motifs is 1. The lowest BCUT2D eigenvalue weighted by Crippen LogP contribution is -2.38. The van der Waals surface area contributed by atoms with Crippen LogP contribution in [0.5, 0.6) is 0 Å². The molecule has 1 N–H and O–H groups in total. The molecule has 1 aromatic heterocycles. The van der Waals surface area contributed by atoms with Gasteiger partial charge in [0.2, 0.25) is 0 Å². The number of ketones is 1. The lowest BCUT2D eigenvalue weighted by molar-refractivity contribution is 0.0944. The van der Waals surface area contributed by atoms with E-state index >= 15 is 0 Å². The van der Waals surface area contributed by atoms with Crippen LogP contribution >= 0.6 is 0 Å². The van der Waals surface area contributed by atoms with Gasteiger partial charge in [0.25, 0.3) is 0 Å². The summed E-state index contributed by atoms with van der Waals surface area (Å²) in [4.78, 5) is 14.0. The van der Waals surface area contributed by atoms with Crippen molar-refractivity contribution in [3.63, 3.8) is 0 Å². The van der Waals surface area contributed by atoms with E-state index in [1.165, 1.54) is 16.7 Å². The summed E-state index contributed by atoms with van der Waals surface area (Å²) in [5, 5.41) is 8.57. The number of aryl methyl sites for hydroxylation is 1. The second-order valence-corrected chi connectivity index (χ2v) is 11.2. The summed E-state index contributed by atoms with van der Waals surface area (Å²) in [7, 11) is 0. The van der Waals surface area contributed by atoms with Crippen LogP contribution in [0.15, 0.2) is 54.6 Å². The van der Waals surface area contributed by atoms with Gasteiger partial charge < -0.3 is 5.32 Å². The third-order valence-corrected chi connectivity index (χ3v) is 8.17. The Bertz CT molecular complexity index is 1170. The molecule has 1 aliphatic rings. The molecule has 186 valence electrons. The minimum absolute atomic E-state index is 0.145. The molecule has 2 heterocycles. The highest BCUT2D eigenvalue weighted by atomic mass is 16.1. The normalized spacial score (nSPS) is 17.2. The molecule has 0 spiro atoms. The predicted octanol–water partition coefficient (Wildman–Crippen LogP) is 7.94. The zero-order chi connectivity index (χ0) is 25.4. The van der Waals surface area contributed by atoms with Gasteiger partial charge in [-0.25, -0.2) is 4.68 Å². The number of hydrogen-bond acceptors (Lipinski definition) is 3. The first kappa shape index (κ1) is 25.2. The summed E-state index contributed by atoms with van der Waals surface area (Å²) >= 11 is 0. The van der Waals surface area contributed by atoms with Gasteiger partial charge in [0, 0.05) is 11.8 Å². The second kappa shape index (κ2) is 9.64. The van der Waals surface area contributed by atoms with Crippen molar-refractivity contribution < 1.29 is 4.79 Å². The predicted molar refractivity (Wildman–Crippen MR) is 145 cm³/mol. The highest BCUT2D eigenvalue weighted by Crippen LogP contribution is 2.43. The van der Waals surface area contributed by atoms with Gasteiger partial charge in [0.1, 0.15) is 5.82 Å². The van der Waals surface area contributed by atoms with E-state index in [2.05, 4.69) is 95.4 Å². The average Bonchev–Trinajstić information content (AvgIpc) is 3.20. The van der Waals surface area contributed by atoms with E-state index < -0.39 is 0 Å². The molecule has 0 fully saturated rings. The van der Waals surface area contributed by atoms with Gasteiger partial charge in [-0.3, -0.25) is 4.79 Å². The van der Waals surface area contributed by atoms with Gasteiger partial charge in [-0.1, -0.05) is 82.3 Å². The molecule has 0 radical (unpaired) electrons. The SMILES string of the molecule is CCC(CC)(CC(=O)c1c(C)nn2c1NC(c1ccccc1)CC2(C)C)c1ccc(C(C)C)cc1. The van der Waals surface area contributed by atoms with Crippen LogP contribution in [0, 0.1) is 6.92 Å². The summed E-state index contributed by atoms with van der Waals surface area (Å²) < 4.78 is 2.05. The second-order valence-electron chi connectivity index (χ2n) is 11.2. The zero-order valence-corrected chi connectivity index (χ0v) is 22.5. The Morgan fingerprint density at radius 2 is 1.71 bits per heavy atom. The summed E-state index contributed by atoms with van der Waals surface area (Å²) in [6.45, 7) is 15.3. The summed E-state index contributed by atoms with van der Waals surface area (Å²) in [6, 6.07) is 19.6. The number of nitrogens with one attached hydrogen (secondary N) is 1. The van der Waals surface area contributed by atoms with Crippen LogP contribution in [0.4, 0.5) is 5.82 Å². The maximum Gasteiger partial charge on any atom is 0.169 e. The Hall–Kier alpha value is -2.88. The van der Waals surface area contributed by atoms with Gasteiger partial charge in [-0.2, -0.15) is 5.10 Å². The molecule has 4 heteroatoms. The summed E-state index contributed by atoms with van der Waals surface area (Å²) in [5.41, 5.74) is 5.03. The summed E-state index contributed by atoms with van der Waals surface area (Å²) in [5.74, 6) is 1.54. The van der Waals surface area contributed by atoms with Crippen molar-refractivity contribution in [1.82, 2.24) is 9.78 Å². The number of Topliss-reactive ketones (excluding diaryl/α,β-unsaturated/α-hetero) is 1. The van der Waals surface area contributed by atoms with Gasteiger partial charge in [-0.05, 0) is 62.6 Å². The van der Waals surface area contributed by atoms with Crippen LogP contribution in [0.3, 0.4) is 0 Å². The van der Waals surface area contributed by atoms with Gasteiger partial charge in [0.05, 0.1) is 22.8 Å². The highest BCUT2D eigenvalue weighted by molar-refractivity contribution is 6.02. The minimum Gasteiger partial charge on any atom is -0.363 e. The van der Waals surface area contributed by atoms with Crippen LogP contribution in [0.25, 0.3) is 0 Å². The molecule has 0 saturated heterocycles. The van der Waals surface area contributed by atoms with Crippen molar-refractivity contribution in [2.75, 3.05) is 5.32 Å². The van der Waals surface area contributed by atoms with E-state index in [9.17, 15) is 4.79 Å². The third kappa shape index (κ3) is 4.68. The average molecular weight is 472 g/mol. The first-order chi connectivity index (χ1) is 16.6. The standard InChI is InChI=1S/C31H41N3O/c1-8-31(9-2,25-17-15-23(16-18-25)21(3)4)20-27(35)28-22(5)33-34-29(28)32-26(19-30(34,6)7)24-13-11-10-12-14-24/h10-18,21,26,32H,8-9,19-20H2,1-7H3. The number of hydrogen-bond donors (Lipinski definition) is 1. The quantitative estimate of drug-likeness (QED) is 0.339. The largest absolute Gasteiger partial charge is 0.363 e. The molecule has 2 aromatic carbocycles. The number of rotatable bonds is 8. The molecule has 0 bridgehead atoms. The number of aromatic nitrogens is 2. The van der Waals surface area contributed by atoms with Gasteiger partial charge in [-0.15, -0.1) is 0 Å². The zero-order valence-electron chi connectivity index (χ0n) is 22.5. The number of nitrogens with zero attached hydrogens (tertiary/aromatic N) is 2. The van der Waals surface area contributed by atoms with E-state index in [0.717, 1.165) is 36.3 Å². The molecule has 3 aromatic rings. The topological polar surface area (TPSA) is 46.9 Å². The van der Waals surface area contributed by atoms with Crippen molar-refractivity contribution in [2.45, 2.75) is 97.1 Å². The van der Waals surface area contributed by atoms with Crippen LogP contribution < -0.4 is 5.32 Å². The van der Waals surface area contributed by atoms with E-state index in [-0.39, 0.29) is 22.8 Å². The first-order valence-corrected chi connectivity index (χ1v) is 13.2. The Morgan fingerprint density at radius 3 is 2.29 bits per heavy atom. The lowest BCUT2D eigenvalue weighted by atomic mass is 9.71. The van der Waals surface area contributed by atoms with E-state index in [1.807, 2.05) is 17.7 Å². The Balaban J connectivity index is 1.70. The van der Waals surface area contributed by atoms with Crippen LogP contribution in [0.1, 0.15) is 112 Å². The molecule has 0 aliphatic carbocycles. The first-order valence-electron chi connectivity index (χ1n) is 13.2. The lowest BCUT2D eigenvalue weighted by Gasteiger charge is -2.38.